The largest absolute Gasteiger partial charge is 0.298 e. The van der Waals surface area contributed by atoms with Crippen molar-refractivity contribution in [1.82, 2.24) is 14.8 Å². The van der Waals surface area contributed by atoms with Gasteiger partial charge in [0.05, 0.1) is 0 Å². The Kier molecular flexibility index (Phi) is 6.23. The monoisotopic (exact) mass is 453 g/mol. The molecule has 0 bridgehead atoms. The van der Waals surface area contributed by atoms with Crippen LogP contribution in [0.1, 0.15) is 5.56 Å². The zero-order valence-corrected chi connectivity index (χ0v) is 17.0. The Morgan fingerprint density at radius 3 is 2.48 bits per heavy atom. The molecule has 0 aliphatic heterocycles. The molecule has 0 spiro atoms. The van der Waals surface area contributed by atoms with E-state index in [2.05, 4.69) is 32.7 Å². The first-order chi connectivity index (χ1) is 12.1. The minimum absolute atomic E-state index is 0.613. The lowest BCUT2D eigenvalue weighted by atomic mass is 10.2. The van der Waals surface area contributed by atoms with Crippen molar-refractivity contribution in [2.75, 3.05) is 0 Å². The normalized spacial score (nSPS) is 10.8. The first-order valence-corrected chi connectivity index (χ1v) is 10.00. The van der Waals surface area contributed by atoms with Gasteiger partial charge >= 0.3 is 0 Å². The van der Waals surface area contributed by atoms with Gasteiger partial charge in [0.1, 0.15) is 0 Å². The highest BCUT2D eigenvalue weighted by Gasteiger charge is 2.16. The van der Waals surface area contributed by atoms with Crippen LogP contribution in [0.2, 0.25) is 10.0 Å². The number of allylic oxidation sites excluding steroid dienone is 1. The maximum atomic E-state index is 6.26. The number of benzene rings is 2. The molecule has 128 valence electrons. The Morgan fingerprint density at radius 1 is 1.08 bits per heavy atom. The van der Waals surface area contributed by atoms with Crippen LogP contribution in [0, 0.1) is 0 Å². The van der Waals surface area contributed by atoms with Crippen molar-refractivity contribution in [2.45, 2.75) is 17.5 Å². The van der Waals surface area contributed by atoms with Gasteiger partial charge in [0.25, 0.3) is 0 Å². The lowest BCUT2D eigenvalue weighted by Gasteiger charge is -2.10. The van der Waals surface area contributed by atoms with Crippen LogP contribution in [0.25, 0.3) is 11.4 Å². The second-order valence-electron chi connectivity index (χ2n) is 5.17. The smallest absolute Gasteiger partial charge is 0.192 e. The van der Waals surface area contributed by atoms with Gasteiger partial charge in [-0.05, 0) is 23.8 Å². The molecule has 0 amide bonds. The van der Waals surface area contributed by atoms with E-state index in [0.29, 0.717) is 22.3 Å². The van der Waals surface area contributed by atoms with Crippen molar-refractivity contribution in [3.05, 3.63) is 75.2 Å². The highest BCUT2D eigenvalue weighted by molar-refractivity contribution is 9.10. The molecule has 1 aromatic heterocycles. The van der Waals surface area contributed by atoms with Gasteiger partial charge in [0, 0.05) is 32.4 Å². The van der Waals surface area contributed by atoms with Gasteiger partial charge in [-0.3, -0.25) is 4.57 Å². The summed E-state index contributed by atoms with van der Waals surface area (Å²) in [6.45, 7) is 4.45. The van der Waals surface area contributed by atoms with E-state index in [1.165, 1.54) is 0 Å². The van der Waals surface area contributed by atoms with Crippen LogP contribution in [0.15, 0.2) is 64.7 Å². The summed E-state index contributed by atoms with van der Waals surface area (Å²) in [6.07, 6.45) is 1.83. The van der Waals surface area contributed by atoms with E-state index in [4.69, 9.17) is 23.2 Å². The molecule has 3 nitrogen and oxygen atoms in total. The molecular weight excluding hydrogens is 441 g/mol. The summed E-state index contributed by atoms with van der Waals surface area (Å²) in [5, 5.41) is 10.8. The molecule has 0 unspecified atom stereocenters. The summed E-state index contributed by atoms with van der Waals surface area (Å²) >= 11 is 17.6. The SMILES string of the molecule is C=CCn1c(SCc2c(Cl)cccc2Cl)nnc1-c1ccccc1Br. The van der Waals surface area contributed by atoms with Crippen LogP contribution in [0.3, 0.4) is 0 Å². The molecular formula is C18H14BrCl2N3S. The summed E-state index contributed by atoms with van der Waals surface area (Å²) in [7, 11) is 0. The van der Waals surface area contributed by atoms with Crippen molar-refractivity contribution in [3.63, 3.8) is 0 Å². The minimum atomic E-state index is 0.613. The Balaban J connectivity index is 1.92. The second kappa shape index (κ2) is 8.41. The molecule has 0 saturated heterocycles. The summed E-state index contributed by atoms with van der Waals surface area (Å²) in [4.78, 5) is 0. The highest BCUT2D eigenvalue weighted by atomic mass is 79.9. The Labute approximate surface area is 169 Å². The van der Waals surface area contributed by atoms with Gasteiger partial charge in [-0.25, -0.2) is 0 Å². The van der Waals surface area contributed by atoms with Crippen molar-refractivity contribution >= 4 is 50.9 Å². The van der Waals surface area contributed by atoms with E-state index in [0.717, 1.165) is 26.6 Å². The first-order valence-electron chi connectivity index (χ1n) is 7.46. The average Bonchev–Trinajstić information content (AvgIpc) is 2.98. The van der Waals surface area contributed by atoms with Crippen molar-refractivity contribution in [2.24, 2.45) is 0 Å². The van der Waals surface area contributed by atoms with E-state index in [1.807, 2.05) is 53.1 Å². The minimum Gasteiger partial charge on any atom is -0.298 e. The van der Waals surface area contributed by atoms with Crippen LogP contribution in [0.4, 0.5) is 0 Å². The third-order valence-electron chi connectivity index (χ3n) is 3.55. The summed E-state index contributed by atoms with van der Waals surface area (Å²) in [6, 6.07) is 13.4. The van der Waals surface area contributed by atoms with Crippen LogP contribution in [-0.4, -0.2) is 14.8 Å². The third-order valence-corrected chi connectivity index (χ3v) is 5.94. The molecule has 2 aromatic carbocycles. The number of hydrogen-bond acceptors (Lipinski definition) is 3. The van der Waals surface area contributed by atoms with Gasteiger partial charge in [0.15, 0.2) is 11.0 Å². The third kappa shape index (κ3) is 4.11. The van der Waals surface area contributed by atoms with Crippen molar-refractivity contribution < 1.29 is 0 Å². The van der Waals surface area contributed by atoms with Crippen LogP contribution >= 0.6 is 50.9 Å². The number of aromatic nitrogens is 3. The predicted octanol–water partition coefficient (Wildman–Crippen LogP) is 6.49. The molecule has 0 aliphatic rings. The van der Waals surface area contributed by atoms with E-state index in [9.17, 15) is 0 Å². The second-order valence-corrected chi connectivity index (χ2v) is 7.79. The molecule has 0 N–H and O–H groups in total. The van der Waals surface area contributed by atoms with E-state index >= 15 is 0 Å². The van der Waals surface area contributed by atoms with Gasteiger partial charge in [-0.2, -0.15) is 0 Å². The molecule has 0 saturated carbocycles. The standard InChI is InChI=1S/C18H14BrCl2N3S/c1-2-10-24-17(12-6-3-4-7-14(12)19)22-23-18(24)25-11-13-15(20)8-5-9-16(13)21/h2-9H,1,10-11H2. The molecule has 1 heterocycles. The zero-order valence-electron chi connectivity index (χ0n) is 13.1. The first kappa shape index (κ1) is 18.5. The van der Waals surface area contributed by atoms with E-state index < -0.39 is 0 Å². The fourth-order valence-electron chi connectivity index (χ4n) is 2.34. The van der Waals surface area contributed by atoms with Gasteiger partial charge in [-0.1, -0.05) is 81.2 Å². The topological polar surface area (TPSA) is 30.7 Å². The number of halogens is 3. The number of nitrogens with zero attached hydrogens (tertiary/aromatic N) is 3. The fraction of sp³-hybridized carbons (Fsp3) is 0.111. The highest BCUT2D eigenvalue weighted by Crippen LogP contribution is 2.33. The summed E-state index contributed by atoms with van der Waals surface area (Å²) in [5.74, 6) is 1.41. The lowest BCUT2D eigenvalue weighted by Crippen LogP contribution is -2.01. The molecule has 0 fully saturated rings. The summed E-state index contributed by atoms with van der Waals surface area (Å²) < 4.78 is 3.00. The molecule has 3 rings (SSSR count). The van der Waals surface area contributed by atoms with Crippen LogP contribution in [0.5, 0.6) is 0 Å². The molecule has 7 heteroatoms. The molecule has 0 atom stereocenters. The Morgan fingerprint density at radius 2 is 1.80 bits per heavy atom. The number of hydrogen-bond donors (Lipinski definition) is 0. The zero-order chi connectivity index (χ0) is 17.8. The number of rotatable bonds is 6. The van der Waals surface area contributed by atoms with Crippen molar-refractivity contribution in [3.8, 4) is 11.4 Å². The van der Waals surface area contributed by atoms with Gasteiger partial charge < -0.3 is 0 Å². The quantitative estimate of drug-likeness (QED) is 0.315. The Hall–Kier alpha value is -1.27. The molecule has 3 aromatic rings. The lowest BCUT2D eigenvalue weighted by molar-refractivity contribution is 0.731. The van der Waals surface area contributed by atoms with Gasteiger partial charge in [-0.15, -0.1) is 16.8 Å². The summed E-state index contributed by atoms with van der Waals surface area (Å²) in [5.41, 5.74) is 1.88. The Bertz CT molecular complexity index is 891. The molecule has 0 radical (unpaired) electrons. The average molecular weight is 455 g/mol. The molecule has 0 aliphatic carbocycles. The fourth-order valence-corrected chi connectivity index (χ4v) is 4.49. The predicted molar refractivity (Wildman–Crippen MR) is 109 cm³/mol. The maximum Gasteiger partial charge on any atom is 0.192 e. The number of thioether (sulfide) groups is 1. The maximum absolute atomic E-state index is 6.26. The molecule has 25 heavy (non-hydrogen) atoms. The van der Waals surface area contributed by atoms with Crippen molar-refractivity contribution in [1.29, 1.82) is 0 Å². The van der Waals surface area contributed by atoms with E-state index in [-0.39, 0.29) is 0 Å². The van der Waals surface area contributed by atoms with Crippen LogP contribution < -0.4 is 0 Å². The van der Waals surface area contributed by atoms with Gasteiger partial charge in [0.2, 0.25) is 0 Å². The van der Waals surface area contributed by atoms with E-state index in [1.54, 1.807) is 11.8 Å². The van der Waals surface area contributed by atoms with Crippen LogP contribution in [-0.2, 0) is 12.3 Å².